The quantitative estimate of drug-likeness (QED) is 0.113. The molecule has 0 unspecified atom stereocenters. The lowest BCUT2D eigenvalue weighted by molar-refractivity contribution is 0.587. The van der Waals surface area contributed by atoms with Crippen molar-refractivity contribution in [3.8, 4) is 55.6 Å². The van der Waals surface area contributed by atoms with Crippen LogP contribution in [-0.2, 0) is 13.7 Å². The van der Waals surface area contributed by atoms with Crippen molar-refractivity contribution in [2.75, 3.05) is 40.0 Å². The van der Waals surface area contributed by atoms with Gasteiger partial charge in [-0.1, -0.05) is 158 Å². The number of hydrogen-bond acceptors (Lipinski definition) is 3. The van der Waals surface area contributed by atoms with Crippen LogP contribution in [0.2, 0.25) is 0 Å². The van der Waals surface area contributed by atoms with Crippen LogP contribution in [0.3, 0.4) is 0 Å². The Morgan fingerprint density at radius 3 is 0.967 bits per heavy atom. The van der Waals surface area contributed by atoms with Crippen LogP contribution in [0.15, 0.2) is 176 Å². The molecule has 0 radical (unpaired) electrons. The first-order chi connectivity index (χ1) is 28.6. The van der Waals surface area contributed by atoms with Gasteiger partial charge in [-0.25, -0.2) is 0 Å². The summed E-state index contributed by atoms with van der Waals surface area (Å²) < 4.78 is 38.9. The van der Waals surface area contributed by atoms with E-state index in [1.54, 1.807) is 0 Å². The van der Waals surface area contributed by atoms with E-state index >= 15 is 0 Å². The maximum atomic E-state index is 13.1. The summed E-state index contributed by atoms with van der Waals surface area (Å²) in [5.74, 6) is 0. The Morgan fingerprint density at radius 1 is 0.267 bits per heavy atom. The van der Waals surface area contributed by atoms with E-state index in [4.69, 9.17) is 0 Å². The van der Waals surface area contributed by atoms with Gasteiger partial charge in [-0.05, 0) is 146 Å². The molecule has 60 heavy (non-hydrogen) atoms. The molecular weight excluding hydrogens is 790 g/mol. The SMILES string of the molecule is CP(C)(=O)c1ccc(-c2cc(-c3ccc(-c4ccc(P(C)(C)=O)cc4)c4ccccc34)cc(-c3c4ccccc4c(-c4ccc(P(C)(C)=O)cc4)c4ccccc34)c2)cc1. The van der Waals surface area contributed by atoms with Crippen LogP contribution in [0.4, 0.5) is 0 Å². The van der Waals surface area contributed by atoms with Gasteiger partial charge in [0.1, 0.15) is 21.4 Å². The third kappa shape index (κ3) is 7.46. The van der Waals surface area contributed by atoms with Crippen molar-refractivity contribution in [2.45, 2.75) is 0 Å². The largest absolute Gasteiger partial charge is 0.319 e. The van der Waals surface area contributed by atoms with Gasteiger partial charge in [-0.15, -0.1) is 0 Å². The van der Waals surface area contributed by atoms with E-state index in [9.17, 15) is 13.7 Å². The molecule has 0 aliphatic carbocycles. The first-order valence-electron chi connectivity index (χ1n) is 20.2. The Morgan fingerprint density at radius 2 is 0.567 bits per heavy atom. The van der Waals surface area contributed by atoms with Crippen LogP contribution < -0.4 is 15.9 Å². The monoisotopic (exact) mass is 836 g/mol. The molecule has 9 rings (SSSR count). The molecule has 0 fully saturated rings. The minimum absolute atomic E-state index is 0.860. The van der Waals surface area contributed by atoms with Crippen molar-refractivity contribution in [2.24, 2.45) is 0 Å². The van der Waals surface area contributed by atoms with E-state index in [-0.39, 0.29) is 0 Å². The molecule has 0 spiro atoms. The Hall–Kier alpha value is -5.55. The second kappa shape index (κ2) is 15.2. The fourth-order valence-corrected chi connectivity index (χ4v) is 11.2. The molecule has 0 atom stereocenters. The minimum Gasteiger partial charge on any atom is -0.319 e. The van der Waals surface area contributed by atoms with Gasteiger partial charge in [0.15, 0.2) is 0 Å². The van der Waals surface area contributed by atoms with Crippen molar-refractivity contribution in [3.05, 3.63) is 176 Å². The summed E-state index contributed by atoms with van der Waals surface area (Å²) >= 11 is 0. The van der Waals surface area contributed by atoms with Crippen molar-refractivity contribution >= 4 is 69.7 Å². The molecule has 9 aromatic rings. The predicted molar refractivity (Wildman–Crippen MR) is 263 cm³/mol. The molecule has 0 aliphatic rings. The molecule has 0 amide bonds. The normalized spacial score (nSPS) is 12.4. The molecule has 0 saturated heterocycles. The van der Waals surface area contributed by atoms with Crippen LogP contribution in [-0.4, -0.2) is 40.0 Å². The highest BCUT2D eigenvalue weighted by Crippen LogP contribution is 2.47. The lowest BCUT2D eigenvalue weighted by Gasteiger charge is -2.20. The summed E-state index contributed by atoms with van der Waals surface area (Å²) in [6, 6.07) is 62.0. The molecule has 0 aromatic heterocycles. The van der Waals surface area contributed by atoms with Gasteiger partial charge >= 0.3 is 0 Å². The maximum absolute atomic E-state index is 13.1. The topological polar surface area (TPSA) is 51.2 Å². The molecule has 3 nitrogen and oxygen atoms in total. The zero-order valence-corrected chi connectivity index (χ0v) is 37.5. The first kappa shape index (κ1) is 39.9. The molecule has 0 saturated carbocycles. The molecule has 0 bridgehead atoms. The summed E-state index contributed by atoms with van der Waals surface area (Å²) in [4.78, 5) is 0. The summed E-state index contributed by atoms with van der Waals surface area (Å²) in [5, 5.41) is 9.49. The van der Waals surface area contributed by atoms with Crippen LogP contribution >= 0.6 is 21.4 Å². The fraction of sp³-hybridized carbons (Fsp3) is 0.111. The van der Waals surface area contributed by atoms with E-state index in [1.807, 2.05) is 76.4 Å². The van der Waals surface area contributed by atoms with Gasteiger partial charge < -0.3 is 13.7 Å². The minimum atomic E-state index is -2.44. The third-order valence-corrected chi connectivity index (χ3v) is 16.4. The fourth-order valence-electron chi connectivity index (χ4n) is 8.65. The van der Waals surface area contributed by atoms with Gasteiger partial charge in [0.25, 0.3) is 0 Å². The molecule has 9 aromatic carbocycles. The molecule has 0 heterocycles. The van der Waals surface area contributed by atoms with E-state index in [0.717, 1.165) is 104 Å². The first-order valence-corrected chi connectivity index (χ1v) is 28.0. The Balaban J connectivity index is 1.30. The Labute approximate surface area is 353 Å². The predicted octanol–water partition coefficient (Wildman–Crippen LogP) is 14.2. The summed E-state index contributed by atoms with van der Waals surface area (Å²) in [7, 11) is -7.23. The zero-order valence-electron chi connectivity index (χ0n) is 34.8. The van der Waals surface area contributed by atoms with E-state index in [2.05, 4.69) is 140 Å². The zero-order chi connectivity index (χ0) is 42.0. The number of benzene rings is 9. The smallest absolute Gasteiger partial charge is 0.109 e. The highest BCUT2D eigenvalue weighted by molar-refractivity contribution is 7.70. The lowest BCUT2D eigenvalue weighted by atomic mass is 9.84. The van der Waals surface area contributed by atoms with Crippen molar-refractivity contribution < 1.29 is 13.7 Å². The second-order valence-corrected chi connectivity index (χ2v) is 26.7. The van der Waals surface area contributed by atoms with Gasteiger partial charge in [-0.2, -0.15) is 0 Å². The van der Waals surface area contributed by atoms with E-state index in [1.165, 1.54) is 0 Å². The summed E-state index contributed by atoms with van der Waals surface area (Å²) in [5.41, 5.74) is 11.0. The van der Waals surface area contributed by atoms with Crippen LogP contribution in [0.5, 0.6) is 0 Å². The van der Waals surface area contributed by atoms with Crippen molar-refractivity contribution in [3.63, 3.8) is 0 Å². The van der Waals surface area contributed by atoms with Crippen LogP contribution in [0, 0.1) is 0 Å². The average molecular weight is 837 g/mol. The number of hydrogen-bond donors (Lipinski definition) is 0. The lowest BCUT2D eigenvalue weighted by Crippen LogP contribution is -2.02. The molecule has 296 valence electrons. The van der Waals surface area contributed by atoms with Gasteiger partial charge in [0.2, 0.25) is 0 Å². The summed E-state index contributed by atoms with van der Waals surface area (Å²) in [6.07, 6.45) is 0. The molecular formula is C54H47O3P3. The Kier molecular flexibility index (Phi) is 10.1. The van der Waals surface area contributed by atoms with Crippen LogP contribution in [0.1, 0.15) is 0 Å². The highest BCUT2D eigenvalue weighted by atomic mass is 31.2. The number of rotatable bonds is 8. The molecule has 6 heteroatoms. The van der Waals surface area contributed by atoms with Gasteiger partial charge in [-0.3, -0.25) is 0 Å². The maximum Gasteiger partial charge on any atom is 0.109 e. The van der Waals surface area contributed by atoms with Crippen molar-refractivity contribution in [1.82, 2.24) is 0 Å². The highest BCUT2D eigenvalue weighted by Gasteiger charge is 2.21. The Bertz CT molecular complexity index is 3220. The van der Waals surface area contributed by atoms with Gasteiger partial charge in [0, 0.05) is 15.9 Å². The second-order valence-electron chi connectivity index (χ2n) is 17.0. The van der Waals surface area contributed by atoms with E-state index in [0.29, 0.717) is 0 Å². The molecule has 0 N–H and O–H groups in total. The van der Waals surface area contributed by atoms with Gasteiger partial charge in [0.05, 0.1) is 0 Å². The number of fused-ring (bicyclic) bond motifs is 3. The van der Waals surface area contributed by atoms with Crippen LogP contribution in [0.25, 0.3) is 88.0 Å². The van der Waals surface area contributed by atoms with E-state index < -0.39 is 21.4 Å². The average Bonchev–Trinajstić information content (AvgIpc) is 3.24. The molecule has 0 aliphatic heterocycles. The third-order valence-electron chi connectivity index (χ3n) is 11.8. The van der Waals surface area contributed by atoms with Crippen molar-refractivity contribution in [1.29, 1.82) is 0 Å². The standard InChI is InChI=1S/C54H47O3P3/c1-58(2,55)42-25-19-36(20-26-42)39-33-40(46-32-31-45(47-13-7-8-14-48(46)47)37-21-27-43(28-22-37)59(3,4)56)35-41(34-39)54-51-17-11-9-15-49(51)53(50-16-10-12-18-52(50)54)38-23-29-44(30-24-38)60(5,6)57/h7-35H,1-6H3. The summed E-state index contributed by atoms with van der Waals surface area (Å²) in [6.45, 7) is 10.9.